The number of aromatic nitrogens is 5. The first-order valence-electron chi connectivity index (χ1n) is 17.3. The van der Waals surface area contributed by atoms with Crippen LogP contribution in [0.4, 0.5) is 8.78 Å². The number of nitrogens with one attached hydrogen (secondary N) is 2. The minimum Gasteiger partial charge on any atom is -0.348 e. The third-order valence-corrected chi connectivity index (χ3v) is 10.7. The molecule has 4 aromatic heterocycles. The molecule has 1 amide bonds. The summed E-state index contributed by atoms with van der Waals surface area (Å²) >= 11 is 3.77. The molecule has 266 valence electrons. The maximum atomic E-state index is 14.6. The van der Waals surface area contributed by atoms with Crippen molar-refractivity contribution in [2.24, 2.45) is 0 Å². The van der Waals surface area contributed by atoms with Crippen LogP contribution in [0.3, 0.4) is 0 Å². The lowest BCUT2D eigenvalue weighted by Gasteiger charge is -2.30. The molecule has 2 aromatic carbocycles. The average Bonchev–Trinajstić information content (AvgIpc) is 3.57. The van der Waals surface area contributed by atoms with Crippen molar-refractivity contribution >= 4 is 38.5 Å². The molecule has 1 saturated carbocycles. The molecule has 0 spiro atoms. The lowest BCUT2D eigenvalue weighted by Crippen LogP contribution is -2.45. The Bertz CT molecular complexity index is 2450. The number of hydrogen-bond acceptors (Lipinski definition) is 7. The van der Waals surface area contributed by atoms with Gasteiger partial charge in [-0.15, -0.1) is 0 Å². The molecule has 2 N–H and O–H groups in total. The summed E-state index contributed by atoms with van der Waals surface area (Å²) < 4.78 is 33.2. The number of fused-ring (bicyclic) bond motifs is 2. The standard InChI is InChI=1S/C38H35BrF2N8O3/c39-32-16-23(20-46-14-12-42-13-15-46)4-10-30(32)24-2-1-3-29(17-24)48-35-31(18-26(41)19-43-35)37(51)49(38(48)52)28-8-6-27(7-9-28)44-36(50)33-22-47-21-25(40)5-11-34(47)45-33/h1-5,10-11,16-19,21-22,27-28,42H,6-9,12-15,20H2,(H,44,50). The zero-order chi connectivity index (χ0) is 35.9. The molecule has 2 fully saturated rings. The van der Waals surface area contributed by atoms with Crippen molar-refractivity contribution in [1.82, 2.24) is 39.0 Å². The van der Waals surface area contributed by atoms with Crippen LogP contribution < -0.4 is 21.9 Å². The highest BCUT2D eigenvalue weighted by Gasteiger charge is 2.29. The van der Waals surface area contributed by atoms with Crippen LogP contribution >= 0.6 is 15.9 Å². The number of amides is 1. The van der Waals surface area contributed by atoms with Crippen molar-refractivity contribution in [3.05, 3.63) is 127 Å². The van der Waals surface area contributed by atoms with E-state index in [1.807, 2.05) is 18.2 Å². The van der Waals surface area contributed by atoms with E-state index in [9.17, 15) is 23.2 Å². The Balaban J connectivity index is 1.07. The average molecular weight is 770 g/mol. The van der Waals surface area contributed by atoms with E-state index in [1.54, 1.807) is 6.07 Å². The zero-order valence-electron chi connectivity index (χ0n) is 28.1. The van der Waals surface area contributed by atoms with Crippen LogP contribution in [0, 0.1) is 11.6 Å². The van der Waals surface area contributed by atoms with Crippen LogP contribution in [0.25, 0.3) is 33.5 Å². The molecule has 1 saturated heterocycles. The van der Waals surface area contributed by atoms with E-state index in [-0.39, 0.29) is 28.7 Å². The van der Waals surface area contributed by atoms with Crippen LogP contribution in [0.2, 0.25) is 0 Å². The van der Waals surface area contributed by atoms with Crippen molar-refractivity contribution < 1.29 is 13.6 Å². The number of hydrogen-bond donors (Lipinski definition) is 2. The van der Waals surface area contributed by atoms with Crippen molar-refractivity contribution in [3.8, 4) is 16.8 Å². The largest absolute Gasteiger partial charge is 0.348 e. The predicted molar refractivity (Wildman–Crippen MR) is 197 cm³/mol. The monoisotopic (exact) mass is 768 g/mol. The molecule has 0 bridgehead atoms. The van der Waals surface area contributed by atoms with Gasteiger partial charge in [0.15, 0.2) is 5.65 Å². The van der Waals surface area contributed by atoms with E-state index in [4.69, 9.17) is 0 Å². The maximum absolute atomic E-state index is 14.6. The number of imidazole rings is 1. The first kappa shape index (κ1) is 34.1. The molecule has 0 radical (unpaired) electrons. The highest BCUT2D eigenvalue weighted by atomic mass is 79.9. The van der Waals surface area contributed by atoms with Crippen molar-refractivity contribution in [1.29, 1.82) is 0 Å². The number of carbonyl (C=O) groups is 1. The summed E-state index contributed by atoms with van der Waals surface area (Å²) in [6.45, 7) is 4.80. The molecule has 1 aliphatic carbocycles. The molecule has 5 heterocycles. The van der Waals surface area contributed by atoms with Gasteiger partial charge < -0.3 is 15.0 Å². The summed E-state index contributed by atoms with van der Waals surface area (Å²) in [7, 11) is 0. The molecule has 0 unspecified atom stereocenters. The summed E-state index contributed by atoms with van der Waals surface area (Å²) in [6, 6.07) is 16.9. The molecule has 11 nitrogen and oxygen atoms in total. The summed E-state index contributed by atoms with van der Waals surface area (Å²) in [5, 5.41) is 6.37. The summed E-state index contributed by atoms with van der Waals surface area (Å²) in [5.74, 6) is -1.51. The number of rotatable bonds is 7. The summed E-state index contributed by atoms with van der Waals surface area (Å²) in [5.41, 5.74) is 2.98. The van der Waals surface area contributed by atoms with Crippen molar-refractivity contribution in [2.45, 2.75) is 44.3 Å². The fraction of sp³-hybridized carbons (Fsp3) is 0.289. The van der Waals surface area contributed by atoms with Gasteiger partial charge in [0.05, 0.1) is 17.3 Å². The van der Waals surface area contributed by atoms with Crippen LogP contribution in [-0.2, 0) is 6.54 Å². The lowest BCUT2D eigenvalue weighted by atomic mass is 9.90. The Morgan fingerprint density at radius 2 is 1.75 bits per heavy atom. The highest BCUT2D eigenvalue weighted by Crippen LogP contribution is 2.32. The Morgan fingerprint density at radius 1 is 0.942 bits per heavy atom. The molecule has 1 aliphatic heterocycles. The van der Waals surface area contributed by atoms with E-state index in [1.165, 1.54) is 43.6 Å². The molecule has 0 atom stereocenters. The summed E-state index contributed by atoms with van der Waals surface area (Å²) in [4.78, 5) is 52.2. The quantitative estimate of drug-likeness (QED) is 0.229. The SMILES string of the molecule is O=C(NC1CCC(n2c(=O)c3cc(F)cnc3n(-c3cccc(-c4ccc(CN5CCNCC5)cc4Br)c3)c2=O)CC1)c1cn2cc(F)ccc2n1. The number of nitrogens with zero attached hydrogens (tertiary/aromatic N) is 6. The molecular formula is C38H35BrF2N8O3. The second-order valence-electron chi connectivity index (χ2n) is 13.4. The number of pyridine rings is 2. The van der Waals surface area contributed by atoms with Gasteiger partial charge in [-0.2, -0.15) is 0 Å². The second-order valence-corrected chi connectivity index (χ2v) is 14.3. The van der Waals surface area contributed by atoms with E-state index in [0.717, 1.165) is 60.6 Å². The van der Waals surface area contributed by atoms with Gasteiger partial charge in [-0.05, 0) is 78.8 Å². The van der Waals surface area contributed by atoms with Crippen LogP contribution in [0.1, 0.15) is 47.8 Å². The fourth-order valence-corrected chi connectivity index (χ4v) is 8.04. The topological polar surface area (TPSA) is 119 Å². The van der Waals surface area contributed by atoms with Crippen LogP contribution in [0.15, 0.2) is 93.3 Å². The smallest absolute Gasteiger partial charge is 0.337 e. The zero-order valence-corrected chi connectivity index (χ0v) is 29.7. The van der Waals surface area contributed by atoms with Gasteiger partial charge in [-0.3, -0.25) is 19.1 Å². The van der Waals surface area contributed by atoms with E-state index < -0.39 is 28.9 Å². The predicted octanol–water partition coefficient (Wildman–Crippen LogP) is 5.22. The molecule has 6 aromatic rings. The first-order valence-corrected chi connectivity index (χ1v) is 18.1. The van der Waals surface area contributed by atoms with E-state index in [2.05, 4.69) is 59.6 Å². The van der Waals surface area contributed by atoms with Gasteiger partial charge >= 0.3 is 5.69 Å². The van der Waals surface area contributed by atoms with Crippen molar-refractivity contribution in [2.75, 3.05) is 26.2 Å². The molecule has 52 heavy (non-hydrogen) atoms. The minimum absolute atomic E-state index is 0.00200. The molecular weight excluding hydrogens is 734 g/mol. The van der Waals surface area contributed by atoms with Gasteiger partial charge in [0.25, 0.3) is 11.5 Å². The Morgan fingerprint density at radius 3 is 2.54 bits per heavy atom. The first-order chi connectivity index (χ1) is 25.2. The minimum atomic E-state index is -0.680. The molecule has 2 aliphatic rings. The molecule has 14 heteroatoms. The second kappa shape index (κ2) is 14.2. The van der Waals surface area contributed by atoms with E-state index >= 15 is 0 Å². The Labute approximate surface area is 305 Å². The number of benzene rings is 2. The van der Waals surface area contributed by atoms with Gasteiger partial charge in [0, 0.05) is 61.7 Å². The van der Waals surface area contributed by atoms with E-state index in [0.29, 0.717) is 37.0 Å². The maximum Gasteiger partial charge on any atom is 0.337 e. The number of carbonyl (C=O) groups excluding carboxylic acids is 1. The van der Waals surface area contributed by atoms with Gasteiger partial charge in [0.1, 0.15) is 23.0 Å². The van der Waals surface area contributed by atoms with Crippen LogP contribution in [-0.4, -0.2) is 66.5 Å². The summed E-state index contributed by atoms with van der Waals surface area (Å²) in [6.07, 6.45) is 5.58. The van der Waals surface area contributed by atoms with Gasteiger partial charge in [0.2, 0.25) is 0 Å². The third-order valence-electron chi connectivity index (χ3n) is 10.0. The Hall–Kier alpha value is -5.05. The lowest BCUT2D eigenvalue weighted by molar-refractivity contribution is 0.0917. The normalized spacial score (nSPS) is 18.2. The number of piperazine rings is 1. The van der Waals surface area contributed by atoms with Gasteiger partial charge in [-0.1, -0.05) is 40.2 Å². The van der Waals surface area contributed by atoms with Crippen LogP contribution in [0.5, 0.6) is 0 Å². The van der Waals surface area contributed by atoms with Gasteiger partial charge in [-0.25, -0.2) is 28.1 Å². The Kier molecular flexibility index (Phi) is 9.28. The molecule has 8 rings (SSSR count). The number of halogens is 3. The highest BCUT2D eigenvalue weighted by molar-refractivity contribution is 9.10. The third kappa shape index (κ3) is 6.69. The fourth-order valence-electron chi connectivity index (χ4n) is 7.38. The van der Waals surface area contributed by atoms with Crippen molar-refractivity contribution in [3.63, 3.8) is 0 Å².